The fraction of sp³-hybridized carbons (Fsp3) is 0.737. The first kappa shape index (κ1) is 29.2. The molecule has 0 aromatic carbocycles. The summed E-state index contributed by atoms with van der Waals surface area (Å²) in [4.78, 5) is 59.4. The number of unbranched alkanes of at least 4 members (excludes halogenated alkanes) is 2. The SMILES string of the molecule is NCCCCC(NC(=O)C(CCCCN)NC(=O)C(CCC(=O)O)NC(=O)CN)C(=O)O. The smallest absolute Gasteiger partial charge is 0.326 e. The third-order valence-electron chi connectivity index (χ3n) is 4.63. The minimum absolute atomic E-state index is 0.176. The van der Waals surface area contributed by atoms with E-state index in [0.717, 1.165) is 0 Å². The Bertz CT molecular complexity index is 631. The van der Waals surface area contributed by atoms with Crippen LogP contribution in [0.3, 0.4) is 0 Å². The molecule has 0 aromatic heterocycles. The molecule has 0 aliphatic carbocycles. The first-order valence-electron chi connectivity index (χ1n) is 10.6. The zero-order chi connectivity index (χ0) is 24.5. The molecule has 0 fully saturated rings. The molecule has 32 heavy (non-hydrogen) atoms. The van der Waals surface area contributed by atoms with Gasteiger partial charge in [-0.05, 0) is 58.0 Å². The highest BCUT2D eigenvalue weighted by Crippen LogP contribution is 2.07. The second-order valence-electron chi connectivity index (χ2n) is 7.29. The molecule has 0 aliphatic heterocycles. The largest absolute Gasteiger partial charge is 0.481 e. The predicted molar refractivity (Wildman–Crippen MR) is 115 cm³/mol. The Balaban J connectivity index is 5.34. The number of aliphatic carboxylic acids is 2. The fourth-order valence-electron chi connectivity index (χ4n) is 2.85. The summed E-state index contributed by atoms with van der Waals surface area (Å²) in [5.74, 6) is -4.50. The molecule has 0 heterocycles. The highest BCUT2D eigenvalue weighted by atomic mass is 16.4. The number of hydrogen-bond donors (Lipinski definition) is 8. The van der Waals surface area contributed by atoms with Gasteiger partial charge in [0.1, 0.15) is 18.1 Å². The van der Waals surface area contributed by atoms with E-state index in [1.807, 2.05) is 0 Å². The van der Waals surface area contributed by atoms with E-state index in [1.165, 1.54) is 0 Å². The Morgan fingerprint density at radius 2 is 1.12 bits per heavy atom. The van der Waals surface area contributed by atoms with E-state index in [4.69, 9.17) is 22.3 Å². The van der Waals surface area contributed by atoms with Crippen molar-refractivity contribution in [3.8, 4) is 0 Å². The first-order chi connectivity index (χ1) is 15.2. The highest BCUT2D eigenvalue weighted by molar-refractivity contribution is 5.93. The maximum Gasteiger partial charge on any atom is 0.326 e. The number of amides is 3. The molecule has 3 amide bonds. The van der Waals surface area contributed by atoms with Crippen LogP contribution >= 0.6 is 0 Å². The summed E-state index contributed by atoms with van der Waals surface area (Å²) >= 11 is 0. The monoisotopic (exact) mass is 460 g/mol. The van der Waals surface area contributed by atoms with Gasteiger partial charge in [-0.15, -0.1) is 0 Å². The Labute approximate surface area is 186 Å². The van der Waals surface area contributed by atoms with Crippen LogP contribution in [0.1, 0.15) is 51.4 Å². The summed E-state index contributed by atoms with van der Waals surface area (Å²) in [7, 11) is 0. The van der Waals surface area contributed by atoms with Crippen LogP contribution in [-0.4, -0.2) is 77.6 Å². The van der Waals surface area contributed by atoms with E-state index in [-0.39, 0.29) is 19.3 Å². The maximum absolute atomic E-state index is 12.7. The van der Waals surface area contributed by atoms with Gasteiger partial charge in [-0.25, -0.2) is 4.79 Å². The normalized spacial score (nSPS) is 13.5. The van der Waals surface area contributed by atoms with Gasteiger partial charge in [0, 0.05) is 6.42 Å². The van der Waals surface area contributed by atoms with Gasteiger partial charge in [0.25, 0.3) is 0 Å². The highest BCUT2D eigenvalue weighted by Gasteiger charge is 2.29. The molecule has 0 radical (unpaired) electrons. The molecule has 0 aromatic rings. The van der Waals surface area contributed by atoms with Gasteiger partial charge in [0.15, 0.2) is 0 Å². The molecule has 13 heteroatoms. The zero-order valence-electron chi connectivity index (χ0n) is 18.2. The van der Waals surface area contributed by atoms with Crippen LogP contribution in [0.4, 0.5) is 0 Å². The molecule has 0 bridgehead atoms. The van der Waals surface area contributed by atoms with Crippen LogP contribution in [0.2, 0.25) is 0 Å². The average Bonchev–Trinajstić information content (AvgIpc) is 2.74. The van der Waals surface area contributed by atoms with Crippen molar-refractivity contribution in [2.24, 2.45) is 17.2 Å². The van der Waals surface area contributed by atoms with Crippen molar-refractivity contribution in [3.63, 3.8) is 0 Å². The molecule has 3 atom stereocenters. The van der Waals surface area contributed by atoms with E-state index in [0.29, 0.717) is 38.8 Å². The Kier molecular flexibility index (Phi) is 15.4. The lowest BCUT2D eigenvalue weighted by molar-refractivity contribution is -0.142. The number of carbonyl (C=O) groups is 5. The summed E-state index contributed by atoms with van der Waals surface area (Å²) in [5.41, 5.74) is 16.1. The summed E-state index contributed by atoms with van der Waals surface area (Å²) in [5, 5.41) is 25.5. The van der Waals surface area contributed by atoms with Crippen molar-refractivity contribution in [1.29, 1.82) is 0 Å². The molecule has 11 N–H and O–H groups in total. The van der Waals surface area contributed by atoms with Gasteiger partial charge in [-0.2, -0.15) is 0 Å². The first-order valence-corrected chi connectivity index (χ1v) is 10.6. The lowest BCUT2D eigenvalue weighted by Crippen LogP contribution is -2.56. The van der Waals surface area contributed by atoms with Crippen molar-refractivity contribution in [2.75, 3.05) is 19.6 Å². The van der Waals surface area contributed by atoms with E-state index in [1.54, 1.807) is 0 Å². The molecule has 0 spiro atoms. The number of carboxylic acid groups (broad SMARTS) is 2. The number of carbonyl (C=O) groups excluding carboxylic acids is 3. The van der Waals surface area contributed by atoms with Crippen LogP contribution in [0, 0.1) is 0 Å². The van der Waals surface area contributed by atoms with Crippen molar-refractivity contribution >= 4 is 29.7 Å². The van der Waals surface area contributed by atoms with Crippen molar-refractivity contribution in [2.45, 2.75) is 69.5 Å². The zero-order valence-corrected chi connectivity index (χ0v) is 18.2. The fourth-order valence-corrected chi connectivity index (χ4v) is 2.85. The molecule has 3 unspecified atom stereocenters. The van der Waals surface area contributed by atoms with Crippen molar-refractivity contribution in [1.82, 2.24) is 16.0 Å². The number of nitrogens with two attached hydrogens (primary N) is 3. The third kappa shape index (κ3) is 12.8. The Morgan fingerprint density at radius 1 is 0.656 bits per heavy atom. The Morgan fingerprint density at radius 3 is 1.56 bits per heavy atom. The lowest BCUT2D eigenvalue weighted by Gasteiger charge is -2.24. The molecule has 0 saturated heterocycles. The number of hydrogen-bond acceptors (Lipinski definition) is 8. The lowest BCUT2D eigenvalue weighted by atomic mass is 10.0. The molecule has 0 rings (SSSR count). The van der Waals surface area contributed by atoms with Gasteiger partial charge < -0.3 is 43.4 Å². The molecular weight excluding hydrogens is 424 g/mol. The summed E-state index contributed by atoms with van der Waals surface area (Å²) < 4.78 is 0. The van der Waals surface area contributed by atoms with Crippen LogP contribution in [0.25, 0.3) is 0 Å². The topological polar surface area (TPSA) is 240 Å². The van der Waals surface area contributed by atoms with Crippen molar-refractivity contribution < 1.29 is 34.2 Å². The third-order valence-corrected chi connectivity index (χ3v) is 4.63. The van der Waals surface area contributed by atoms with Gasteiger partial charge in [-0.1, -0.05) is 0 Å². The van der Waals surface area contributed by atoms with Crippen LogP contribution in [0.5, 0.6) is 0 Å². The van der Waals surface area contributed by atoms with Gasteiger partial charge >= 0.3 is 11.9 Å². The standard InChI is InChI=1S/C19H36N6O7/c20-9-3-1-5-12(17(29)25-14(19(31)32)6-2-4-10-21)24-18(30)13(7-8-16(27)28)23-15(26)11-22/h12-14H,1-11,20-22H2,(H,23,26)(H,24,30)(H,25,29)(H,27,28)(H,31,32). The minimum atomic E-state index is -1.22. The second kappa shape index (κ2) is 16.9. The quantitative estimate of drug-likeness (QED) is 0.101. The summed E-state index contributed by atoms with van der Waals surface area (Å²) in [6, 6.07) is -3.46. The van der Waals surface area contributed by atoms with E-state index < -0.39 is 60.8 Å². The predicted octanol–water partition coefficient (Wildman–Crippen LogP) is -2.39. The average molecular weight is 461 g/mol. The van der Waals surface area contributed by atoms with E-state index >= 15 is 0 Å². The van der Waals surface area contributed by atoms with Gasteiger partial charge in [-0.3, -0.25) is 19.2 Å². The summed E-state index contributed by atoms with van der Waals surface area (Å²) in [6.07, 6.45) is 1.91. The Hall–Kier alpha value is -2.77. The second-order valence-corrected chi connectivity index (χ2v) is 7.29. The number of carboxylic acids is 2. The molecule has 0 aliphatic rings. The minimum Gasteiger partial charge on any atom is -0.481 e. The summed E-state index contributed by atoms with van der Waals surface area (Å²) in [6.45, 7) is 0.359. The van der Waals surface area contributed by atoms with Gasteiger partial charge in [0.05, 0.1) is 6.54 Å². The van der Waals surface area contributed by atoms with Crippen LogP contribution in [-0.2, 0) is 24.0 Å². The molecule has 13 nitrogen and oxygen atoms in total. The van der Waals surface area contributed by atoms with E-state index in [9.17, 15) is 29.1 Å². The maximum atomic E-state index is 12.7. The molecule has 0 saturated carbocycles. The van der Waals surface area contributed by atoms with E-state index in [2.05, 4.69) is 16.0 Å². The molecule has 184 valence electrons. The number of nitrogens with one attached hydrogen (secondary N) is 3. The van der Waals surface area contributed by atoms with Crippen molar-refractivity contribution in [3.05, 3.63) is 0 Å². The van der Waals surface area contributed by atoms with Crippen LogP contribution < -0.4 is 33.2 Å². The van der Waals surface area contributed by atoms with Gasteiger partial charge in [0.2, 0.25) is 17.7 Å². The number of rotatable bonds is 18. The van der Waals surface area contributed by atoms with Crippen LogP contribution in [0.15, 0.2) is 0 Å². The molecular formula is C19H36N6O7.